The topological polar surface area (TPSA) is 292 Å². The molecule has 0 saturated carbocycles. The highest BCUT2D eigenvalue weighted by Crippen LogP contribution is 2.32. The van der Waals surface area contributed by atoms with Gasteiger partial charge in [-0.2, -0.15) is 8.42 Å². The van der Waals surface area contributed by atoms with Crippen molar-refractivity contribution in [3.05, 3.63) is 0 Å². The monoisotopic (exact) mass is 568 g/mol. The number of hydrogen-bond donors (Lipinski definition) is 10. The van der Waals surface area contributed by atoms with Gasteiger partial charge in [-0.3, -0.25) is 4.55 Å². The van der Waals surface area contributed by atoms with E-state index in [1.807, 2.05) is 0 Å². The van der Waals surface area contributed by atoms with E-state index >= 15 is 0 Å². The number of hydrogen-bond acceptors (Lipinski definition) is 17. The summed E-state index contributed by atoms with van der Waals surface area (Å²) in [6, 6.07) is 0. The predicted molar refractivity (Wildman–Crippen MR) is 110 cm³/mol. The van der Waals surface area contributed by atoms with Crippen molar-refractivity contribution in [1.82, 2.24) is 0 Å². The minimum atomic E-state index is -5.02. The molecule has 0 amide bonds. The van der Waals surface area contributed by atoms with Gasteiger partial charge in [0.15, 0.2) is 18.9 Å². The van der Waals surface area contributed by atoms with Crippen LogP contribution in [0.1, 0.15) is 6.92 Å². The Hall–Kier alpha value is -0.690. The second kappa shape index (κ2) is 12.2. The second-order valence-electron chi connectivity index (χ2n) is 8.85. The van der Waals surface area contributed by atoms with Crippen molar-refractivity contribution >= 4 is 10.4 Å². The van der Waals surface area contributed by atoms with Crippen LogP contribution in [0.15, 0.2) is 0 Å². The molecule has 0 aromatic rings. The molecule has 0 aliphatic carbocycles. The van der Waals surface area contributed by atoms with Crippen molar-refractivity contribution in [2.24, 2.45) is 0 Å². The first-order valence-electron chi connectivity index (χ1n) is 11.1. The lowest BCUT2D eigenvalue weighted by molar-refractivity contribution is -0.385. The fourth-order valence-electron chi connectivity index (χ4n) is 4.12. The van der Waals surface area contributed by atoms with Gasteiger partial charge >= 0.3 is 10.4 Å². The van der Waals surface area contributed by atoms with Crippen LogP contribution in [0.25, 0.3) is 0 Å². The summed E-state index contributed by atoms with van der Waals surface area (Å²) in [6.07, 6.45) is -26.3. The van der Waals surface area contributed by atoms with Gasteiger partial charge in [0.05, 0.1) is 19.3 Å². The van der Waals surface area contributed by atoms with Gasteiger partial charge < -0.3 is 69.6 Å². The van der Waals surface area contributed by atoms with Gasteiger partial charge in [0.1, 0.15) is 67.1 Å². The Morgan fingerprint density at radius 2 is 1.27 bits per heavy atom. The van der Waals surface area contributed by atoms with Crippen molar-refractivity contribution in [3.8, 4) is 0 Å². The zero-order valence-electron chi connectivity index (χ0n) is 19.2. The molecule has 0 spiro atoms. The molecule has 3 heterocycles. The van der Waals surface area contributed by atoms with E-state index in [9.17, 15) is 54.4 Å². The van der Waals surface area contributed by atoms with Crippen molar-refractivity contribution in [2.75, 3.05) is 13.2 Å². The number of rotatable bonds is 8. The third-order valence-corrected chi connectivity index (χ3v) is 6.69. The van der Waals surface area contributed by atoms with Gasteiger partial charge in [-0.1, -0.05) is 0 Å². The van der Waals surface area contributed by atoms with Crippen LogP contribution in [-0.4, -0.2) is 164 Å². The van der Waals surface area contributed by atoms with Crippen LogP contribution in [-0.2, 0) is 38.3 Å². The summed E-state index contributed by atoms with van der Waals surface area (Å²) in [4.78, 5) is 0. The van der Waals surface area contributed by atoms with E-state index in [0.717, 1.165) is 0 Å². The maximum Gasteiger partial charge on any atom is 0.397 e. The van der Waals surface area contributed by atoms with Crippen LogP contribution in [0.3, 0.4) is 0 Å². The lowest BCUT2D eigenvalue weighted by atomic mass is 9.96. The first-order chi connectivity index (χ1) is 17.2. The summed E-state index contributed by atoms with van der Waals surface area (Å²) in [5.74, 6) is 0. The maximum absolute atomic E-state index is 11.0. The normalized spacial score (nSPS) is 49.6. The minimum Gasteiger partial charge on any atom is -0.394 e. The van der Waals surface area contributed by atoms with E-state index in [4.69, 9.17) is 28.2 Å². The molecule has 37 heavy (non-hydrogen) atoms. The molecule has 218 valence electrons. The Kier molecular flexibility index (Phi) is 10.2. The molecule has 3 aliphatic rings. The molecule has 15 atom stereocenters. The molecule has 1 unspecified atom stereocenters. The number of aliphatic hydroxyl groups excluding tert-OH is 9. The van der Waals surface area contributed by atoms with Crippen LogP contribution >= 0.6 is 0 Å². The lowest BCUT2D eigenvalue weighted by Crippen LogP contribution is -2.66. The molecule has 0 aromatic heterocycles. The Morgan fingerprint density at radius 3 is 1.86 bits per heavy atom. The fraction of sp³-hybridized carbons (Fsp3) is 1.00. The molecular weight excluding hydrogens is 536 g/mol. The van der Waals surface area contributed by atoms with E-state index < -0.39 is 116 Å². The Labute approximate surface area is 210 Å². The number of aliphatic hydroxyl groups is 9. The standard InChI is InChI=1S/C18H32O18S/c1-4-7(20)9(22)13(26)17(32-4)36-15-10(23)8(21)5(2-19)34-18(15)35-14-6(3-31-37(28,29)30)33-16(27)12(25)11(14)24/h4-27H,2-3H2,1H3,(H,28,29,30)/t4-,5+,6+,7+,8-,9+,10-,11+,12+,13-,14+,15+,16?,17-,18-/m0/s1. The fourth-order valence-corrected chi connectivity index (χ4v) is 4.43. The van der Waals surface area contributed by atoms with Crippen molar-refractivity contribution in [2.45, 2.75) is 99.0 Å². The van der Waals surface area contributed by atoms with E-state index in [0.29, 0.717) is 0 Å². The molecule has 3 saturated heterocycles. The van der Waals surface area contributed by atoms with Gasteiger partial charge in [0.25, 0.3) is 0 Å². The molecule has 18 nitrogen and oxygen atoms in total. The van der Waals surface area contributed by atoms with E-state index in [1.54, 1.807) is 0 Å². The van der Waals surface area contributed by atoms with Gasteiger partial charge in [-0.25, -0.2) is 4.18 Å². The lowest BCUT2D eigenvalue weighted by Gasteiger charge is -2.48. The summed E-state index contributed by atoms with van der Waals surface area (Å²) < 4.78 is 61.9. The Balaban J connectivity index is 1.86. The summed E-state index contributed by atoms with van der Waals surface area (Å²) >= 11 is 0. The van der Waals surface area contributed by atoms with Crippen molar-refractivity contribution in [1.29, 1.82) is 0 Å². The molecule has 3 rings (SSSR count). The highest BCUT2D eigenvalue weighted by Gasteiger charge is 2.53. The van der Waals surface area contributed by atoms with Gasteiger partial charge in [0.2, 0.25) is 0 Å². The Morgan fingerprint density at radius 1 is 0.676 bits per heavy atom. The van der Waals surface area contributed by atoms with Crippen LogP contribution in [0.5, 0.6) is 0 Å². The van der Waals surface area contributed by atoms with E-state index in [1.165, 1.54) is 6.92 Å². The summed E-state index contributed by atoms with van der Waals surface area (Å²) in [5, 5.41) is 90.9. The zero-order chi connectivity index (χ0) is 27.8. The molecule has 10 N–H and O–H groups in total. The highest BCUT2D eigenvalue weighted by molar-refractivity contribution is 7.80. The summed E-state index contributed by atoms with van der Waals surface area (Å²) in [7, 11) is -5.02. The van der Waals surface area contributed by atoms with Gasteiger partial charge in [-0.05, 0) is 6.92 Å². The molecule has 0 aromatic carbocycles. The summed E-state index contributed by atoms with van der Waals surface area (Å²) in [5.41, 5.74) is 0. The quantitative estimate of drug-likeness (QED) is 0.122. The predicted octanol–water partition coefficient (Wildman–Crippen LogP) is -6.72. The molecule has 3 fully saturated rings. The van der Waals surface area contributed by atoms with Gasteiger partial charge in [-0.15, -0.1) is 0 Å². The third-order valence-electron chi connectivity index (χ3n) is 6.26. The maximum atomic E-state index is 11.0. The molecule has 19 heteroatoms. The highest BCUT2D eigenvalue weighted by atomic mass is 32.3. The van der Waals surface area contributed by atoms with Crippen molar-refractivity contribution < 1.29 is 86.8 Å². The average Bonchev–Trinajstić information content (AvgIpc) is 2.83. The minimum absolute atomic E-state index is 0.852. The van der Waals surface area contributed by atoms with Crippen LogP contribution in [0.2, 0.25) is 0 Å². The second-order valence-corrected chi connectivity index (χ2v) is 9.94. The summed E-state index contributed by atoms with van der Waals surface area (Å²) in [6.45, 7) is -0.546. The SMILES string of the molecule is C[C@@H]1O[C@@H](O[C@H]2[C@H](O[C@H]3[C@H](O)[C@@H](O)C(O)O[C@@H]3COS(=O)(=O)O)O[C@H](CO)[C@H](O)[C@@H]2O)[C@@H](O)[C@H](O)[C@@H]1O. The largest absolute Gasteiger partial charge is 0.397 e. The first kappa shape index (κ1) is 30.8. The average molecular weight is 569 g/mol. The molecule has 3 aliphatic heterocycles. The smallest absolute Gasteiger partial charge is 0.394 e. The Bertz CT molecular complexity index is 845. The van der Waals surface area contributed by atoms with Crippen molar-refractivity contribution in [3.63, 3.8) is 0 Å². The third kappa shape index (κ3) is 6.91. The first-order valence-corrected chi connectivity index (χ1v) is 12.5. The zero-order valence-corrected chi connectivity index (χ0v) is 20.0. The van der Waals surface area contributed by atoms with Crippen LogP contribution in [0.4, 0.5) is 0 Å². The van der Waals surface area contributed by atoms with E-state index in [-0.39, 0.29) is 0 Å². The van der Waals surface area contributed by atoms with Crippen LogP contribution in [0, 0.1) is 0 Å². The van der Waals surface area contributed by atoms with Gasteiger partial charge in [0, 0.05) is 0 Å². The molecular formula is C18H32O18S. The number of ether oxygens (including phenoxy) is 5. The molecule has 0 bridgehead atoms. The van der Waals surface area contributed by atoms with Crippen LogP contribution < -0.4 is 0 Å². The van der Waals surface area contributed by atoms with E-state index in [2.05, 4.69) is 4.18 Å². The molecule has 0 radical (unpaired) electrons.